The van der Waals surface area contributed by atoms with Crippen molar-refractivity contribution in [3.05, 3.63) is 60.1 Å². The molecule has 24 heavy (non-hydrogen) atoms. The standard InChI is InChI=1S/C17H15FN4O2/c18-13-3-1-2-12(10-13)17(4-8-23-9-5-17)16-22-21-15(24-16)14-11-19-6-7-20-14/h1-3,6-7,10-11H,4-5,8-9H2. The van der Waals surface area contributed by atoms with Crippen LogP contribution in [0.2, 0.25) is 0 Å². The zero-order valence-electron chi connectivity index (χ0n) is 12.9. The second-order valence-electron chi connectivity index (χ2n) is 5.71. The van der Waals surface area contributed by atoms with Crippen molar-refractivity contribution in [1.29, 1.82) is 0 Å². The third-order valence-corrected chi connectivity index (χ3v) is 4.34. The van der Waals surface area contributed by atoms with Crippen LogP contribution in [0, 0.1) is 5.82 Å². The molecule has 7 heteroatoms. The molecular weight excluding hydrogens is 311 g/mol. The molecule has 0 radical (unpaired) electrons. The molecule has 1 fully saturated rings. The number of hydrogen-bond acceptors (Lipinski definition) is 6. The first-order valence-electron chi connectivity index (χ1n) is 7.72. The van der Waals surface area contributed by atoms with Crippen LogP contribution in [-0.2, 0) is 10.2 Å². The summed E-state index contributed by atoms with van der Waals surface area (Å²) in [4.78, 5) is 8.18. The number of nitrogens with zero attached hydrogens (tertiary/aromatic N) is 4. The van der Waals surface area contributed by atoms with Gasteiger partial charge in [0.15, 0.2) is 0 Å². The second kappa shape index (κ2) is 6.09. The Kier molecular flexibility index (Phi) is 3.78. The molecule has 1 aliphatic rings. The van der Waals surface area contributed by atoms with E-state index >= 15 is 0 Å². The Hall–Kier alpha value is -2.67. The highest BCUT2D eigenvalue weighted by atomic mass is 19.1. The Balaban J connectivity index is 1.79. The van der Waals surface area contributed by atoms with E-state index in [9.17, 15) is 4.39 Å². The first-order valence-corrected chi connectivity index (χ1v) is 7.72. The van der Waals surface area contributed by atoms with E-state index in [1.165, 1.54) is 12.1 Å². The normalized spacial score (nSPS) is 16.9. The van der Waals surface area contributed by atoms with Gasteiger partial charge in [-0.3, -0.25) is 4.98 Å². The molecule has 4 rings (SSSR count). The van der Waals surface area contributed by atoms with Gasteiger partial charge in [-0.2, -0.15) is 0 Å². The average molecular weight is 326 g/mol. The van der Waals surface area contributed by atoms with Gasteiger partial charge in [-0.25, -0.2) is 9.37 Å². The van der Waals surface area contributed by atoms with Gasteiger partial charge < -0.3 is 9.15 Å². The Morgan fingerprint density at radius 1 is 1.08 bits per heavy atom. The zero-order valence-corrected chi connectivity index (χ0v) is 12.9. The minimum Gasteiger partial charge on any atom is -0.418 e. The summed E-state index contributed by atoms with van der Waals surface area (Å²) in [5, 5.41) is 8.33. The van der Waals surface area contributed by atoms with Gasteiger partial charge in [0, 0.05) is 25.6 Å². The van der Waals surface area contributed by atoms with E-state index in [0.717, 1.165) is 5.56 Å². The SMILES string of the molecule is Fc1cccc(C2(c3nnc(-c4cnccn4)o3)CCOCC2)c1. The summed E-state index contributed by atoms with van der Waals surface area (Å²) in [6.45, 7) is 1.11. The van der Waals surface area contributed by atoms with Crippen molar-refractivity contribution in [3.8, 4) is 11.6 Å². The fourth-order valence-electron chi connectivity index (χ4n) is 3.06. The lowest BCUT2D eigenvalue weighted by atomic mass is 9.74. The monoisotopic (exact) mass is 326 g/mol. The van der Waals surface area contributed by atoms with Crippen LogP contribution in [0.3, 0.4) is 0 Å². The van der Waals surface area contributed by atoms with Crippen molar-refractivity contribution in [3.63, 3.8) is 0 Å². The van der Waals surface area contributed by atoms with Crippen LogP contribution in [0.25, 0.3) is 11.6 Å². The fraction of sp³-hybridized carbons (Fsp3) is 0.294. The molecule has 3 aromatic rings. The molecule has 0 aliphatic carbocycles. The Labute approximate surface area is 137 Å². The van der Waals surface area contributed by atoms with Crippen LogP contribution >= 0.6 is 0 Å². The highest BCUT2D eigenvalue weighted by Gasteiger charge is 2.41. The first kappa shape index (κ1) is 14.9. The maximum atomic E-state index is 13.8. The Morgan fingerprint density at radius 3 is 2.71 bits per heavy atom. The van der Waals surface area contributed by atoms with Crippen LogP contribution < -0.4 is 0 Å². The molecule has 0 atom stereocenters. The van der Waals surface area contributed by atoms with Crippen molar-refractivity contribution >= 4 is 0 Å². The molecule has 1 aromatic carbocycles. The molecule has 0 N–H and O–H groups in total. The van der Waals surface area contributed by atoms with Crippen LogP contribution in [0.1, 0.15) is 24.3 Å². The third kappa shape index (κ3) is 2.56. The maximum Gasteiger partial charge on any atom is 0.267 e. The second-order valence-corrected chi connectivity index (χ2v) is 5.71. The van der Waals surface area contributed by atoms with Crippen LogP contribution in [0.4, 0.5) is 4.39 Å². The van der Waals surface area contributed by atoms with Crippen molar-refractivity contribution in [2.75, 3.05) is 13.2 Å². The molecule has 122 valence electrons. The number of benzene rings is 1. The fourth-order valence-corrected chi connectivity index (χ4v) is 3.06. The predicted molar refractivity (Wildman–Crippen MR) is 82.6 cm³/mol. The first-order chi connectivity index (χ1) is 11.8. The molecular formula is C17H15FN4O2. The number of halogens is 1. The lowest BCUT2D eigenvalue weighted by molar-refractivity contribution is 0.0545. The van der Waals surface area contributed by atoms with E-state index in [1.807, 2.05) is 6.07 Å². The van der Waals surface area contributed by atoms with E-state index < -0.39 is 5.41 Å². The topological polar surface area (TPSA) is 73.9 Å². The zero-order chi connectivity index (χ0) is 16.4. The average Bonchev–Trinajstić information content (AvgIpc) is 3.14. The highest BCUT2D eigenvalue weighted by molar-refractivity contribution is 5.44. The maximum absolute atomic E-state index is 13.8. The van der Waals surface area contributed by atoms with Gasteiger partial charge in [0.1, 0.15) is 11.5 Å². The van der Waals surface area contributed by atoms with Gasteiger partial charge >= 0.3 is 0 Å². The highest BCUT2D eigenvalue weighted by Crippen LogP contribution is 2.41. The minimum atomic E-state index is -0.548. The van der Waals surface area contributed by atoms with Crippen LogP contribution in [0.5, 0.6) is 0 Å². The summed E-state index contributed by atoms with van der Waals surface area (Å²) in [6.07, 6.45) is 6.01. The molecule has 6 nitrogen and oxygen atoms in total. The van der Waals surface area contributed by atoms with Crippen molar-refractivity contribution in [2.24, 2.45) is 0 Å². The predicted octanol–water partition coefficient (Wildman–Crippen LogP) is 2.76. The number of hydrogen-bond donors (Lipinski definition) is 0. The summed E-state index contributed by atoms with van der Waals surface area (Å²) in [5.74, 6) is 0.476. The summed E-state index contributed by atoms with van der Waals surface area (Å²) in [7, 11) is 0. The van der Waals surface area contributed by atoms with Gasteiger partial charge in [0.25, 0.3) is 5.89 Å². The van der Waals surface area contributed by atoms with E-state index in [-0.39, 0.29) is 5.82 Å². The molecule has 0 unspecified atom stereocenters. The molecule has 1 aliphatic heterocycles. The van der Waals surface area contributed by atoms with Crippen molar-refractivity contribution in [1.82, 2.24) is 20.2 Å². The van der Waals surface area contributed by atoms with Crippen molar-refractivity contribution in [2.45, 2.75) is 18.3 Å². The van der Waals surface area contributed by atoms with Crippen molar-refractivity contribution < 1.29 is 13.5 Å². The quantitative estimate of drug-likeness (QED) is 0.737. The van der Waals surface area contributed by atoms with Crippen LogP contribution in [-0.4, -0.2) is 33.4 Å². The lowest BCUT2D eigenvalue weighted by Crippen LogP contribution is -2.35. The van der Waals surface area contributed by atoms with Gasteiger partial charge in [-0.15, -0.1) is 10.2 Å². The van der Waals surface area contributed by atoms with E-state index in [2.05, 4.69) is 20.2 Å². The number of rotatable bonds is 3. The third-order valence-electron chi connectivity index (χ3n) is 4.34. The van der Waals surface area contributed by atoms with E-state index in [0.29, 0.717) is 43.5 Å². The molecule has 1 saturated heterocycles. The Bertz CT molecular complexity index is 831. The minimum absolute atomic E-state index is 0.285. The lowest BCUT2D eigenvalue weighted by Gasteiger charge is -2.34. The summed E-state index contributed by atoms with van der Waals surface area (Å²) in [5.41, 5.74) is 0.784. The molecule has 3 heterocycles. The summed E-state index contributed by atoms with van der Waals surface area (Å²) < 4.78 is 25.1. The largest absolute Gasteiger partial charge is 0.418 e. The van der Waals surface area contributed by atoms with Gasteiger partial charge in [-0.1, -0.05) is 12.1 Å². The summed E-state index contributed by atoms with van der Waals surface area (Å²) in [6, 6.07) is 6.54. The van der Waals surface area contributed by atoms with Crippen LogP contribution in [0.15, 0.2) is 47.3 Å². The van der Waals surface area contributed by atoms with Gasteiger partial charge in [0.05, 0.1) is 11.6 Å². The van der Waals surface area contributed by atoms with E-state index in [4.69, 9.17) is 9.15 Å². The van der Waals surface area contributed by atoms with E-state index in [1.54, 1.807) is 24.7 Å². The molecule has 0 spiro atoms. The Morgan fingerprint density at radius 2 is 1.96 bits per heavy atom. The number of aromatic nitrogens is 4. The van der Waals surface area contributed by atoms with Gasteiger partial charge in [0.2, 0.25) is 5.89 Å². The molecule has 2 aromatic heterocycles. The smallest absolute Gasteiger partial charge is 0.267 e. The molecule has 0 saturated carbocycles. The van der Waals surface area contributed by atoms with Gasteiger partial charge in [-0.05, 0) is 30.5 Å². The summed E-state index contributed by atoms with van der Waals surface area (Å²) >= 11 is 0. The molecule has 0 amide bonds. The number of ether oxygens (including phenoxy) is 1. The molecule has 0 bridgehead atoms.